The molecule has 0 aliphatic carbocycles. The molecule has 0 saturated heterocycles. The van der Waals surface area contributed by atoms with Gasteiger partial charge in [-0.1, -0.05) is 17.7 Å². The smallest absolute Gasteiger partial charge is 0.319 e. The van der Waals surface area contributed by atoms with Gasteiger partial charge in [0.1, 0.15) is 18.1 Å². The number of rotatable bonds is 3. The molecule has 3 rings (SSSR count). The molecule has 2 aromatic rings. The molecule has 0 aromatic heterocycles. The summed E-state index contributed by atoms with van der Waals surface area (Å²) in [6.07, 6.45) is 0.689. The number of halogens is 1. The highest BCUT2D eigenvalue weighted by atomic mass is 35.5. The van der Waals surface area contributed by atoms with Crippen LogP contribution < -0.4 is 20.1 Å². The Balaban J connectivity index is 1.64. The minimum absolute atomic E-state index is 0.107. The lowest BCUT2D eigenvalue weighted by Gasteiger charge is -2.26. The van der Waals surface area contributed by atoms with Crippen molar-refractivity contribution in [1.29, 1.82) is 0 Å². The number of methoxy groups -OCH3 is 1. The van der Waals surface area contributed by atoms with Gasteiger partial charge in [0.15, 0.2) is 0 Å². The molecule has 1 aliphatic heterocycles. The van der Waals surface area contributed by atoms with E-state index in [4.69, 9.17) is 21.1 Å². The SMILES string of the molecule is COc1ccc2c(c1)C[C@@H](NC(=O)Nc1cc(Cl)ccc1C)CO2. The molecule has 1 atom stereocenters. The monoisotopic (exact) mass is 346 g/mol. The Hall–Kier alpha value is -2.40. The number of carbonyl (C=O) groups excluding carboxylic acids is 1. The first-order chi connectivity index (χ1) is 11.5. The molecule has 126 valence electrons. The minimum atomic E-state index is -0.277. The summed E-state index contributed by atoms with van der Waals surface area (Å²) in [7, 11) is 1.63. The van der Waals surface area contributed by atoms with E-state index in [1.807, 2.05) is 31.2 Å². The lowest BCUT2D eigenvalue weighted by molar-refractivity contribution is 0.222. The zero-order valence-corrected chi connectivity index (χ0v) is 14.3. The van der Waals surface area contributed by atoms with E-state index in [1.54, 1.807) is 19.2 Å². The van der Waals surface area contributed by atoms with Crippen LogP contribution in [0.25, 0.3) is 0 Å². The van der Waals surface area contributed by atoms with Gasteiger partial charge in [-0.25, -0.2) is 4.79 Å². The van der Waals surface area contributed by atoms with Crippen LogP contribution in [0.1, 0.15) is 11.1 Å². The van der Waals surface area contributed by atoms with Gasteiger partial charge in [0.25, 0.3) is 0 Å². The largest absolute Gasteiger partial charge is 0.497 e. The summed E-state index contributed by atoms with van der Waals surface area (Å²) in [6, 6.07) is 10.7. The zero-order valence-electron chi connectivity index (χ0n) is 13.6. The number of hydrogen-bond acceptors (Lipinski definition) is 3. The summed E-state index contributed by atoms with van der Waals surface area (Å²) in [5.74, 6) is 1.61. The second-order valence-corrected chi connectivity index (χ2v) is 6.18. The Morgan fingerprint density at radius 1 is 1.29 bits per heavy atom. The molecular formula is C18H19ClN2O3. The quantitative estimate of drug-likeness (QED) is 0.889. The fraction of sp³-hybridized carbons (Fsp3) is 0.278. The van der Waals surface area contributed by atoms with Crippen molar-refractivity contribution in [2.45, 2.75) is 19.4 Å². The summed E-state index contributed by atoms with van der Waals surface area (Å²) in [4.78, 5) is 12.2. The van der Waals surface area contributed by atoms with Gasteiger partial charge in [-0.15, -0.1) is 0 Å². The molecule has 0 bridgehead atoms. The van der Waals surface area contributed by atoms with Crippen molar-refractivity contribution in [2.75, 3.05) is 19.0 Å². The number of anilines is 1. The number of ether oxygens (including phenoxy) is 2. The maximum Gasteiger partial charge on any atom is 0.319 e. The van der Waals surface area contributed by atoms with E-state index < -0.39 is 0 Å². The average Bonchev–Trinajstić information content (AvgIpc) is 2.57. The van der Waals surface area contributed by atoms with Gasteiger partial charge in [0, 0.05) is 10.7 Å². The van der Waals surface area contributed by atoms with Crippen LogP contribution in [-0.4, -0.2) is 25.8 Å². The van der Waals surface area contributed by atoms with Gasteiger partial charge in [-0.05, 0) is 54.8 Å². The number of urea groups is 1. The van der Waals surface area contributed by atoms with Crippen LogP contribution in [-0.2, 0) is 6.42 Å². The van der Waals surface area contributed by atoms with Crippen molar-refractivity contribution in [3.8, 4) is 11.5 Å². The van der Waals surface area contributed by atoms with Gasteiger partial charge in [0.05, 0.1) is 13.2 Å². The van der Waals surface area contributed by atoms with Crippen LogP contribution in [0.2, 0.25) is 5.02 Å². The molecule has 0 saturated carbocycles. The van der Waals surface area contributed by atoms with Gasteiger partial charge in [0.2, 0.25) is 0 Å². The molecular weight excluding hydrogens is 328 g/mol. The third kappa shape index (κ3) is 3.74. The summed E-state index contributed by atoms with van der Waals surface area (Å²) in [6.45, 7) is 2.35. The van der Waals surface area contributed by atoms with Crippen molar-refractivity contribution in [2.24, 2.45) is 0 Å². The molecule has 2 aromatic carbocycles. The average molecular weight is 347 g/mol. The number of benzene rings is 2. The van der Waals surface area contributed by atoms with E-state index in [2.05, 4.69) is 10.6 Å². The maximum absolute atomic E-state index is 12.2. The summed E-state index contributed by atoms with van der Waals surface area (Å²) in [5, 5.41) is 6.34. The molecule has 2 amide bonds. The van der Waals surface area contributed by atoms with Crippen LogP contribution in [0.15, 0.2) is 36.4 Å². The minimum Gasteiger partial charge on any atom is -0.497 e. The van der Waals surface area contributed by atoms with Gasteiger partial charge < -0.3 is 20.1 Å². The Morgan fingerprint density at radius 2 is 2.12 bits per heavy atom. The Kier molecular flexibility index (Phi) is 4.81. The predicted molar refractivity (Wildman–Crippen MR) is 94.3 cm³/mol. The zero-order chi connectivity index (χ0) is 17.1. The lowest BCUT2D eigenvalue weighted by atomic mass is 10.0. The third-order valence-electron chi connectivity index (χ3n) is 3.96. The first-order valence-electron chi connectivity index (χ1n) is 7.68. The van der Waals surface area contributed by atoms with Crippen molar-refractivity contribution < 1.29 is 14.3 Å². The second-order valence-electron chi connectivity index (χ2n) is 5.74. The number of nitrogens with one attached hydrogen (secondary N) is 2. The van der Waals surface area contributed by atoms with E-state index in [0.29, 0.717) is 23.7 Å². The molecule has 5 nitrogen and oxygen atoms in total. The maximum atomic E-state index is 12.2. The standard InChI is InChI=1S/C18H19ClN2O3/c1-11-3-4-13(19)9-16(11)21-18(22)20-14-7-12-8-15(23-2)5-6-17(12)24-10-14/h3-6,8-9,14H,7,10H2,1-2H3,(H2,20,21,22)/t14-/m1/s1. The molecule has 2 N–H and O–H groups in total. The number of hydrogen-bond donors (Lipinski definition) is 2. The molecule has 0 fully saturated rings. The topological polar surface area (TPSA) is 59.6 Å². The van der Waals surface area contributed by atoms with Gasteiger partial charge >= 0.3 is 6.03 Å². The summed E-state index contributed by atoms with van der Waals surface area (Å²) < 4.78 is 10.9. The summed E-state index contributed by atoms with van der Waals surface area (Å²) >= 11 is 5.97. The highest BCUT2D eigenvalue weighted by Crippen LogP contribution is 2.28. The fourth-order valence-corrected chi connectivity index (χ4v) is 2.84. The van der Waals surface area contributed by atoms with Gasteiger partial charge in [-0.2, -0.15) is 0 Å². The van der Waals surface area contributed by atoms with Crippen LogP contribution in [0.3, 0.4) is 0 Å². The van der Waals surface area contributed by atoms with Crippen molar-refractivity contribution >= 4 is 23.3 Å². The predicted octanol–water partition coefficient (Wildman–Crippen LogP) is 3.78. The van der Waals surface area contributed by atoms with Crippen molar-refractivity contribution in [3.05, 3.63) is 52.5 Å². The second kappa shape index (κ2) is 7.01. The molecule has 1 aliphatic rings. The number of amides is 2. The van der Waals surface area contributed by atoms with E-state index in [0.717, 1.165) is 22.6 Å². The first kappa shape index (κ1) is 16.5. The Labute approximate surface area is 145 Å². The van der Waals surface area contributed by atoms with Gasteiger partial charge in [-0.3, -0.25) is 0 Å². The first-order valence-corrected chi connectivity index (χ1v) is 8.06. The van der Waals surface area contributed by atoms with E-state index >= 15 is 0 Å². The third-order valence-corrected chi connectivity index (χ3v) is 4.19. The Morgan fingerprint density at radius 3 is 2.92 bits per heavy atom. The highest BCUT2D eigenvalue weighted by Gasteiger charge is 2.22. The lowest BCUT2D eigenvalue weighted by Crippen LogP contribution is -2.44. The Bertz CT molecular complexity index is 764. The normalized spacial score (nSPS) is 15.9. The molecule has 6 heteroatoms. The summed E-state index contributed by atoms with van der Waals surface area (Å²) in [5.41, 5.74) is 2.66. The van der Waals surface area contributed by atoms with Crippen LogP contribution in [0.4, 0.5) is 10.5 Å². The number of aryl methyl sites for hydroxylation is 1. The molecule has 0 spiro atoms. The molecule has 0 unspecified atom stereocenters. The van der Waals surface area contributed by atoms with E-state index in [-0.39, 0.29) is 12.1 Å². The number of carbonyl (C=O) groups is 1. The van der Waals surface area contributed by atoms with Crippen LogP contribution >= 0.6 is 11.6 Å². The van der Waals surface area contributed by atoms with Crippen molar-refractivity contribution in [1.82, 2.24) is 5.32 Å². The van der Waals surface area contributed by atoms with E-state index in [9.17, 15) is 4.79 Å². The highest BCUT2D eigenvalue weighted by molar-refractivity contribution is 6.31. The molecule has 0 radical (unpaired) electrons. The number of fused-ring (bicyclic) bond motifs is 1. The van der Waals surface area contributed by atoms with E-state index in [1.165, 1.54) is 0 Å². The molecule has 1 heterocycles. The molecule has 24 heavy (non-hydrogen) atoms. The van der Waals surface area contributed by atoms with Crippen LogP contribution in [0, 0.1) is 6.92 Å². The van der Waals surface area contributed by atoms with Crippen molar-refractivity contribution in [3.63, 3.8) is 0 Å². The fourth-order valence-electron chi connectivity index (χ4n) is 2.66. The van der Waals surface area contributed by atoms with Crippen LogP contribution in [0.5, 0.6) is 11.5 Å².